The number of methoxy groups -OCH3 is 1. The zero-order chi connectivity index (χ0) is 13.8. The zero-order valence-electron chi connectivity index (χ0n) is 10.6. The lowest BCUT2D eigenvalue weighted by atomic mass is 9.99. The van der Waals surface area contributed by atoms with Crippen LogP contribution in [0.5, 0.6) is 5.75 Å². The van der Waals surface area contributed by atoms with Crippen molar-refractivity contribution in [2.24, 2.45) is 5.73 Å². The van der Waals surface area contributed by atoms with Crippen LogP contribution in [0.25, 0.3) is 0 Å². The summed E-state index contributed by atoms with van der Waals surface area (Å²) in [6.07, 6.45) is 0.486. The number of benzene rings is 2. The van der Waals surface area contributed by atoms with Gasteiger partial charge in [-0.25, -0.2) is 8.78 Å². The highest BCUT2D eigenvalue weighted by Crippen LogP contribution is 2.21. The monoisotopic (exact) mass is 263 g/mol. The van der Waals surface area contributed by atoms with E-state index in [1.54, 1.807) is 7.11 Å². The van der Waals surface area contributed by atoms with E-state index in [1.807, 2.05) is 24.3 Å². The van der Waals surface area contributed by atoms with Gasteiger partial charge in [-0.1, -0.05) is 12.1 Å². The van der Waals surface area contributed by atoms with Gasteiger partial charge < -0.3 is 10.5 Å². The Morgan fingerprint density at radius 1 is 1.11 bits per heavy atom. The Labute approximate surface area is 110 Å². The number of hydrogen-bond donors (Lipinski definition) is 1. The average Bonchev–Trinajstić information content (AvgIpc) is 2.37. The summed E-state index contributed by atoms with van der Waals surface area (Å²) >= 11 is 0. The molecule has 0 bridgehead atoms. The molecule has 2 aromatic carbocycles. The molecule has 0 amide bonds. The topological polar surface area (TPSA) is 35.2 Å². The molecule has 0 saturated carbocycles. The van der Waals surface area contributed by atoms with Crippen molar-refractivity contribution in [3.63, 3.8) is 0 Å². The molecule has 0 saturated heterocycles. The van der Waals surface area contributed by atoms with Gasteiger partial charge in [0, 0.05) is 12.1 Å². The maximum Gasteiger partial charge on any atom is 0.126 e. The van der Waals surface area contributed by atoms with Crippen molar-refractivity contribution in [1.29, 1.82) is 0 Å². The van der Waals surface area contributed by atoms with E-state index in [-0.39, 0.29) is 0 Å². The molecule has 2 aromatic rings. The Balaban J connectivity index is 2.17. The smallest absolute Gasteiger partial charge is 0.126 e. The standard InChI is InChI=1S/C15H15F2NO/c1-19-14-4-2-3-10(5-14)6-15(18)11-7-12(16)9-13(17)8-11/h2-5,7-9,15H,6,18H2,1H3. The van der Waals surface area contributed by atoms with E-state index in [0.717, 1.165) is 17.4 Å². The first-order valence-corrected chi connectivity index (χ1v) is 5.93. The molecule has 4 heteroatoms. The molecule has 0 aliphatic carbocycles. The third-order valence-corrected chi connectivity index (χ3v) is 2.90. The fourth-order valence-corrected chi connectivity index (χ4v) is 1.96. The van der Waals surface area contributed by atoms with E-state index in [2.05, 4.69) is 0 Å². The van der Waals surface area contributed by atoms with Gasteiger partial charge in [-0.2, -0.15) is 0 Å². The van der Waals surface area contributed by atoms with Crippen LogP contribution in [0, 0.1) is 11.6 Å². The van der Waals surface area contributed by atoms with Crippen LogP contribution in [0.2, 0.25) is 0 Å². The Morgan fingerprint density at radius 3 is 2.42 bits per heavy atom. The molecule has 19 heavy (non-hydrogen) atoms. The molecule has 0 aromatic heterocycles. The predicted octanol–water partition coefficient (Wildman–Crippen LogP) is 3.22. The molecule has 100 valence electrons. The predicted molar refractivity (Wildman–Crippen MR) is 70.0 cm³/mol. The Bertz CT molecular complexity index is 552. The molecule has 0 fully saturated rings. The molecule has 0 radical (unpaired) electrons. The van der Waals surface area contributed by atoms with Crippen molar-refractivity contribution in [1.82, 2.24) is 0 Å². The number of rotatable bonds is 4. The van der Waals surface area contributed by atoms with Gasteiger partial charge in [-0.15, -0.1) is 0 Å². The van der Waals surface area contributed by atoms with Gasteiger partial charge in [0.2, 0.25) is 0 Å². The van der Waals surface area contributed by atoms with Crippen molar-refractivity contribution >= 4 is 0 Å². The van der Waals surface area contributed by atoms with Crippen LogP contribution in [0.15, 0.2) is 42.5 Å². The molecule has 2 nitrogen and oxygen atoms in total. The summed E-state index contributed by atoms with van der Waals surface area (Å²) in [7, 11) is 1.58. The minimum absolute atomic E-state index is 0.445. The van der Waals surface area contributed by atoms with Crippen molar-refractivity contribution in [2.75, 3.05) is 7.11 Å². The fourth-order valence-electron chi connectivity index (χ4n) is 1.96. The summed E-state index contributed by atoms with van der Waals surface area (Å²) < 4.78 is 31.4. The van der Waals surface area contributed by atoms with E-state index in [1.165, 1.54) is 12.1 Å². The maximum absolute atomic E-state index is 13.1. The van der Waals surface area contributed by atoms with Crippen LogP contribution >= 0.6 is 0 Å². The molecule has 2 N–H and O–H groups in total. The number of ether oxygens (including phenoxy) is 1. The summed E-state index contributed by atoms with van der Waals surface area (Å²) in [5.74, 6) is -0.498. The van der Waals surface area contributed by atoms with Crippen LogP contribution in [-0.2, 0) is 6.42 Å². The Morgan fingerprint density at radius 2 is 1.79 bits per heavy atom. The number of nitrogens with two attached hydrogens (primary N) is 1. The van der Waals surface area contributed by atoms with E-state index in [9.17, 15) is 8.78 Å². The molecular weight excluding hydrogens is 248 g/mol. The van der Waals surface area contributed by atoms with Crippen LogP contribution in [0.4, 0.5) is 8.78 Å². The number of halogens is 2. The molecule has 0 spiro atoms. The quantitative estimate of drug-likeness (QED) is 0.919. The van der Waals surface area contributed by atoms with Gasteiger partial charge in [0.15, 0.2) is 0 Å². The lowest BCUT2D eigenvalue weighted by Gasteiger charge is -2.13. The highest BCUT2D eigenvalue weighted by atomic mass is 19.1. The second kappa shape index (κ2) is 5.80. The van der Waals surface area contributed by atoms with Gasteiger partial charge in [-0.05, 0) is 41.8 Å². The van der Waals surface area contributed by atoms with E-state index < -0.39 is 17.7 Å². The first-order valence-electron chi connectivity index (χ1n) is 5.93. The second-order valence-electron chi connectivity index (χ2n) is 4.36. The van der Waals surface area contributed by atoms with Gasteiger partial charge in [0.1, 0.15) is 17.4 Å². The molecule has 1 unspecified atom stereocenters. The summed E-state index contributed by atoms with van der Waals surface area (Å²) in [6.45, 7) is 0. The summed E-state index contributed by atoms with van der Waals surface area (Å²) in [4.78, 5) is 0. The minimum Gasteiger partial charge on any atom is -0.497 e. The van der Waals surface area contributed by atoms with E-state index in [0.29, 0.717) is 12.0 Å². The molecule has 0 aliphatic heterocycles. The zero-order valence-corrected chi connectivity index (χ0v) is 10.6. The highest BCUT2D eigenvalue weighted by molar-refractivity contribution is 5.30. The molecule has 0 aliphatic rings. The van der Waals surface area contributed by atoms with E-state index >= 15 is 0 Å². The molecule has 1 atom stereocenters. The molecule has 2 rings (SSSR count). The lowest BCUT2D eigenvalue weighted by molar-refractivity contribution is 0.414. The van der Waals surface area contributed by atoms with Crippen LogP contribution in [0.1, 0.15) is 17.2 Å². The SMILES string of the molecule is COc1cccc(CC(N)c2cc(F)cc(F)c2)c1. The lowest BCUT2D eigenvalue weighted by Crippen LogP contribution is -2.14. The first-order chi connectivity index (χ1) is 9.08. The minimum atomic E-state index is -0.615. The summed E-state index contributed by atoms with van der Waals surface area (Å²) in [5, 5.41) is 0. The van der Waals surface area contributed by atoms with Crippen molar-refractivity contribution in [3.8, 4) is 5.75 Å². The second-order valence-corrected chi connectivity index (χ2v) is 4.36. The largest absolute Gasteiger partial charge is 0.497 e. The van der Waals surface area contributed by atoms with Crippen molar-refractivity contribution in [3.05, 3.63) is 65.2 Å². The Hall–Kier alpha value is -1.94. The summed E-state index contributed by atoms with van der Waals surface area (Å²) in [6, 6.07) is 10.3. The molecule has 0 heterocycles. The highest BCUT2D eigenvalue weighted by Gasteiger charge is 2.10. The average molecular weight is 263 g/mol. The first kappa shape index (κ1) is 13.5. The maximum atomic E-state index is 13.1. The van der Waals surface area contributed by atoms with Gasteiger partial charge in [-0.3, -0.25) is 0 Å². The third-order valence-electron chi connectivity index (χ3n) is 2.90. The van der Waals surface area contributed by atoms with Gasteiger partial charge in [0.25, 0.3) is 0 Å². The molecular formula is C15H15F2NO. The van der Waals surface area contributed by atoms with Crippen molar-refractivity contribution in [2.45, 2.75) is 12.5 Å². The number of hydrogen-bond acceptors (Lipinski definition) is 2. The Kier molecular flexibility index (Phi) is 4.12. The van der Waals surface area contributed by atoms with Crippen LogP contribution < -0.4 is 10.5 Å². The van der Waals surface area contributed by atoms with Crippen LogP contribution in [-0.4, -0.2) is 7.11 Å². The third kappa shape index (κ3) is 3.51. The van der Waals surface area contributed by atoms with Crippen LogP contribution in [0.3, 0.4) is 0 Å². The normalized spacial score (nSPS) is 12.2. The van der Waals surface area contributed by atoms with Gasteiger partial charge >= 0.3 is 0 Å². The van der Waals surface area contributed by atoms with Crippen molar-refractivity contribution < 1.29 is 13.5 Å². The van der Waals surface area contributed by atoms with E-state index in [4.69, 9.17) is 10.5 Å². The summed E-state index contributed by atoms with van der Waals surface area (Å²) in [5.41, 5.74) is 7.38. The van der Waals surface area contributed by atoms with Gasteiger partial charge in [0.05, 0.1) is 7.11 Å². The fraction of sp³-hybridized carbons (Fsp3) is 0.200.